The number of rotatable bonds is 16. The highest BCUT2D eigenvalue weighted by Gasteiger charge is 2.58. The highest BCUT2D eigenvalue weighted by atomic mass is 32.2. The van der Waals surface area contributed by atoms with Crippen molar-refractivity contribution in [2.75, 3.05) is 33.4 Å². The van der Waals surface area contributed by atoms with Gasteiger partial charge in [-0.3, -0.25) is 19.2 Å². The molecule has 6 aliphatic rings. The molecule has 6 saturated carbocycles. The zero-order valence-electron chi connectivity index (χ0n) is 43.3. The molecule has 0 atom stereocenters. The van der Waals surface area contributed by atoms with Crippen molar-refractivity contribution in [3.63, 3.8) is 0 Å². The average Bonchev–Trinajstić information content (AvgIpc) is 4.04. The van der Waals surface area contributed by atoms with E-state index in [9.17, 15) is 36.4 Å². The Morgan fingerprint density at radius 2 is 0.974 bits per heavy atom. The number of nitrogens with one attached hydrogen (secondary N) is 5. The van der Waals surface area contributed by atoms with Gasteiger partial charge in [-0.15, -0.1) is 0 Å². The average molecular weight is 1070 g/mol. The van der Waals surface area contributed by atoms with E-state index in [1.54, 1.807) is 43.4 Å². The zero-order chi connectivity index (χ0) is 54.7. The van der Waals surface area contributed by atoms with E-state index in [1.807, 2.05) is 60.7 Å². The predicted octanol–water partition coefficient (Wildman–Crippen LogP) is 9.69. The molecule has 7 N–H and O–H groups in total. The van der Waals surface area contributed by atoms with Gasteiger partial charge in [0.25, 0.3) is 23.6 Å². The second kappa shape index (κ2) is 20.4. The number of carbonyl (C=O) groups excluding carboxylic acids is 4. The van der Waals surface area contributed by atoms with Gasteiger partial charge in [-0.1, -0.05) is 24.3 Å². The van der Waals surface area contributed by atoms with Crippen LogP contribution in [0, 0.1) is 23.5 Å². The summed E-state index contributed by atoms with van der Waals surface area (Å²) in [4.78, 5) is 52.3. The number of nitrogens with two attached hydrogens (primary N) is 1. The normalized spacial score (nSPS) is 19.5. The molecule has 8 aromatic rings. The Bertz CT molecular complexity index is 3800. The van der Waals surface area contributed by atoms with Gasteiger partial charge in [-0.25, -0.2) is 21.9 Å². The minimum Gasteiger partial charge on any atom is -0.455 e. The molecule has 78 heavy (non-hydrogen) atoms. The van der Waals surface area contributed by atoms with E-state index in [0.717, 1.165) is 90.0 Å². The van der Waals surface area contributed by atoms with Gasteiger partial charge in [0, 0.05) is 64.7 Å². The number of sulfonamides is 1. The molecular formula is C61H58F2N6O8S. The third kappa shape index (κ3) is 10.1. The maximum atomic E-state index is 13.6. The molecule has 17 heteroatoms. The quantitative estimate of drug-likeness (QED) is 0.0543. The fourth-order valence-electron chi connectivity index (χ4n) is 11.7. The molecule has 0 saturated heterocycles. The van der Waals surface area contributed by atoms with E-state index in [4.69, 9.17) is 14.6 Å². The molecule has 0 unspecified atom stereocenters. The molecule has 6 aliphatic carbocycles. The topological polar surface area (TPSA) is 215 Å². The first-order chi connectivity index (χ1) is 37.4. The Morgan fingerprint density at radius 3 is 1.33 bits per heavy atom. The Labute approximate surface area is 449 Å². The lowest BCUT2D eigenvalue weighted by Gasteiger charge is -2.61. The van der Waals surface area contributed by atoms with Gasteiger partial charge in [0.15, 0.2) is 0 Å². The Hall–Kier alpha value is -7.99. The molecule has 14 nitrogen and oxygen atoms in total. The number of amides is 4. The van der Waals surface area contributed by atoms with E-state index >= 15 is 0 Å². The maximum absolute atomic E-state index is 13.6. The summed E-state index contributed by atoms with van der Waals surface area (Å²) in [5, 5.41) is 13.0. The lowest BCUT2D eigenvalue weighted by molar-refractivity contribution is -0.0442. The van der Waals surface area contributed by atoms with Gasteiger partial charge in [-0.2, -0.15) is 0 Å². The Morgan fingerprint density at radius 1 is 0.564 bits per heavy atom. The number of hydrogen-bond donors (Lipinski definition) is 6. The van der Waals surface area contributed by atoms with Crippen LogP contribution in [0.5, 0.6) is 0 Å². The van der Waals surface area contributed by atoms with Gasteiger partial charge in [0.2, 0.25) is 10.0 Å². The maximum Gasteiger partial charge on any atom is 0.255 e. The number of halogens is 2. The van der Waals surface area contributed by atoms with Crippen LogP contribution < -0.4 is 31.7 Å². The largest absolute Gasteiger partial charge is 0.455 e. The first-order valence-corrected chi connectivity index (χ1v) is 28.0. The van der Waals surface area contributed by atoms with E-state index < -0.39 is 15.8 Å². The van der Waals surface area contributed by atoms with E-state index in [2.05, 4.69) is 26.0 Å². The first-order valence-electron chi connectivity index (χ1n) is 26.1. The molecule has 400 valence electrons. The van der Waals surface area contributed by atoms with Crippen LogP contribution in [-0.4, -0.2) is 76.6 Å². The number of benzene rings is 6. The third-order valence-electron chi connectivity index (χ3n) is 15.8. The predicted molar refractivity (Wildman–Crippen MR) is 295 cm³/mol. The molecule has 2 aromatic heterocycles. The summed E-state index contributed by atoms with van der Waals surface area (Å²) < 4.78 is 65.6. The zero-order valence-corrected chi connectivity index (χ0v) is 44.1. The minimum atomic E-state index is -3.41. The van der Waals surface area contributed by atoms with Gasteiger partial charge in [0.1, 0.15) is 34.3 Å². The van der Waals surface area contributed by atoms with Gasteiger partial charge in [-0.05, 0) is 200 Å². The van der Waals surface area contributed by atoms with Crippen molar-refractivity contribution >= 4 is 55.6 Å². The lowest BCUT2D eigenvalue weighted by Crippen LogP contribution is -2.68. The number of carbonyl (C=O) groups is 4. The fourth-order valence-corrected chi connectivity index (χ4v) is 12.2. The van der Waals surface area contributed by atoms with E-state index in [0.29, 0.717) is 86.2 Å². The molecule has 0 radical (unpaired) electrons. The monoisotopic (exact) mass is 1070 g/mol. The molecule has 2 heterocycles. The number of hydrogen-bond acceptors (Lipinski definition) is 9. The summed E-state index contributed by atoms with van der Waals surface area (Å²) in [6.45, 7) is 0.575. The third-order valence-corrected chi connectivity index (χ3v) is 16.6. The number of fused-ring (bicyclic) bond motifs is 2. The van der Waals surface area contributed by atoms with Crippen LogP contribution in [0.25, 0.3) is 66.8 Å². The molecule has 0 spiro atoms. The molecule has 4 bridgehead atoms. The molecular weight excluding hydrogens is 1010 g/mol. The van der Waals surface area contributed by atoms with Gasteiger partial charge >= 0.3 is 0 Å². The molecule has 4 amide bonds. The highest BCUT2D eigenvalue weighted by molar-refractivity contribution is 7.88. The van der Waals surface area contributed by atoms with Crippen LogP contribution in [0.3, 0.4) is 0 Å². The first kappa shape index (κ1) is 52.1. The highest BCUT2D eigenvalue weighted by Crippen LogP contribution is 2.58. The van der Waals surface area contributed by atoms with Crippen LogP contribution in [0.2, 0.25) is 0 Å². The van der Waals surface area contributed by atoms with Crippen LogP contribution in [0.4, 0.5) is 8.78 Å². The van der Waals surface area contributed by atoms with Crippen molar-refractivity contribution in [3.05, 3.63) is 166 Å². The van der Waals surface area contributed by atoms with Crippen molar-refractivity contribution in [1.29, 1.82) is 0 Å². The smallest absolute Gasteiger partial charge is 0.255 e. The van der Waals surface area contributed by atoms with Crippen LogP contribution in [-0.2, 0) is 22.9 Å². The van der Waals surface area contributed by atoms with Crippen molar-refractivity contribution in [3.8, 4) is 44.9 Å². The van der Waals surface area contributed by atoms with Gasteiger partial charge < -0.3 is 35.8 Å². The van der Waals surface area contributed by atoms with Crippen molar-refractivity contribution < 1.29 is 45.2 Å². The summed E-state index contributed by atoms with van der Waals surface area (Å²) in [5.41, 5.74) is 14.8. The van der Waals surface area contributed by atoms with Crippen molar-refractivity contribution in [2.45, 2.75) is 62.4 Å². The second-order valence-electron chi connectivity index (χ2n) is 21.3. The summed E-state index contributed by atoms with van der Waals surface area (Å²) in [7, 11) is -0.323. The van der Waals surface area contributed by atoms with E-state index in [1.165, 1.54) is 31.3 Å². The van der Waals surface area contributed by atoms with Gasteiger partial charge in [0.05, 0.1) is 17.4 Å². The van der Waals surface area contributed by atoms with Crippen LogP contribution >= 0.6 is 0 Å². The Balaban J connectivity index is 0.000000166. The number of furan rings is 2. The molecule has 0 aliphatic heterocycles. The van der Waals surface area contributed by atoms with Crippen LogP contribution in [0.1, 0.15) is 91.1 Å². The van der Waals surface area contributed by atoms with Crippen molar-refractivity contribution in [1.82, 2.24) is 26.0 Å². The fraction of sp³-hybridized carbons (Fsp3) is 0.279. The standard InChI is InChI=1S/C31H30FN3O5S.C30H28FN3O3/c1-33-30(37)27-25-14-24(20-4-3-5-22(12-20)29(36)35-31-15-18(16-31)17-31)21(10-11-34-41(2,38)39)13-26(25)40-28(27)19-6-8-23(32)9-7-19;1-33-29(36)26-24-13-23(19-3-2-4-21(11-19)28(35)34-30-14-17(15-30)16-30)20(9-10-32)12-25(24)37-27(26)18-5-7-22(31)8-6-18/h3-9,12-14,18,34H,10-11,15-17H2,1-2H3,(H,33,37)(H,35,36);2-8,11-13,17H,9-10,14-16,32H2,1H3,(H,33,36)(H,34,35). The van der Waals surface area contributed by atoms with Crippen LogP contribution in [0.15, 0.2) is 130 Å². The summed E-state index contributed by atoms with van der Waals surface area (Å²) in [6, 6.07) is 33.9. The summed E-state index contributed by atoms with van der Waals surface area (Å²) in [5.74, 6) is 0.546. The summed E-state index contributed by atoms with van der Waals surface area (Å²) >= 11 is 0. The molecule has 14 rings (SSSR count). The SMILES string of the molecule is CNC(=O)c1c(-c2ccc(F)cc2)oc2cc(CCN)c(-c3cccc(C(=O)NC45CC(C4)C5)c3)cc12.CNC(=O)c1c(-c2ccc(F)cc2)oc2cc(CCNS(C)(=O)=O)c(-c3cccc(C(=O)NC45CC(C4)C5)c3)cc12. The van der Waals surface area contributed by atoms with Crippen molar-refractivity contribution in [2.24, 2.45) is 17.6 Å². The second-order valence-corrected chi connectivity index (χ2v) is 23.2. The molecule has 6 fully saturated rings. The molecule has 6 aromatic carbocycles. The lowest BCUT2D eigenvalue weighted by atomic mass is 9.50. The summed E-state index contributed by atoms with van der Waals surface area (Å²) in [6.07, 6.45) is 8.36. The Kier molecular flexibility index (Phi) is 13.6. The van der Waals surface area contributed by atoms with E-state index in [-0.39, 0.29) is 47.1 Å². The minimum absolute atomic E-state index is 0.00264.